The van der Waals surface area contributed by atoms with Crippen molar-refractivity contribution in [3.63, 3.8) is 0 Å². The molecule has 1 saturated heterocycles. The number of anilines is 1. The Morgan fingerprint density at radius 3 is 2.52 bits per heavy atom. The summed E-state index contributed by atoms with van der Waals surface area (Å²) in [4.78, 5) is 6.81. The Morgan fingerprint density at radius 1 is 1.00 bits per heavy atom. The number of rotatable bonds is 5. The molecular weight excluding hydrogens is 471 g/mol. The Kier molecular flexibility index (Phi) is 6.11. The van der Waals surface area contributed by atoms with E-state index >= 15 is 0 Å². The zero-order chi connectivity index (χ0) is 22.9. The average Bonchev–Trinajstić information content (AvgIpc) is 3.44. The van der Waals surface area contributed by atoms with Crippen molar-refractivity contribution in [2.24, 2.45) is 0 Å². The summed E-state index contributed by atoms with van der Waals surface area (Å²) in [6, 6.07) is 23.9. The Balaban J connectivity index is 1.66. The molecule has 0 radical (unpaired) electrons. The van der Waals surface area contributed by atoms with E-state index in [1.54, 1.807) is 6.07 Å². The summed E-state index contributed by atoms with van der Waals surface area (Å²) in [7, 11) is 0. The van der Waals surface area contributed by atoms with Crippen molar-refractivity contribution in [2.45, 2.75) is 25.4 Å². The number of hydrogen-bond donors (Lipinski definition) is 1. The normalized spacial score (nSPS) is 17.9. The van der Waals surface area contributed by atoms with Gasteiger partial charge < -0.3 is 14.8 Å². The third-order valence-electron chi connectivity index (χ3n) is 5.97. The molecule has 3 heterocycles. The van der Waals surface area contributed by atoms with Crippen LogP contribution in [0, 0.1) is 0 Å². The van der Waals surface area contributed by atoms with Crippen LogP contribution >= 0.6 is 35.4 Å². The van der Waals surface area contributed by atoms with Crippen molar-refractivity contribution >= 4 is 46.2 Å². The fourth-order valence-corrected chi connectivity index (χ4v) is 5.20. The molecule has 1 aliphatic rings. The molecule has 2 atom stereocenters. The molecule has 1 N–H and O–H groups in total. The van der Waals surface area contributed by atoms with E-state index in [2.05, 4.69) is 57.0 Å². The summed E-state index contributed by atoms with van der Waals surface area (Å²) in [6.45, 7) is 2.15. The highest BCUT2D eigenvalue weighted by atomic mass is 35.5. The molecule has 0 amide bonds. The van der Waals surface area contributed by atoms with E-state index in [-0.39, 0.29) is 12.1 Å². The number of benzene rings is 2. The van der Waals surface area contributed by atoms with Crippen LogP contribution < -0.4 is 10.2 Å². The summed E-state index contributed by atoms with van der Waals surface area (Å²) >= 11 is 18.6. The molecular formula is C26H22Cl2N4S. The van der Waals surface area contributed by atoms with Crippen LogP contribution in [0.25, 0.3) is 5.69 Å². The lowest BCUT2D eigenvalue weighted by atomic mass is 10.0. The molecule has 0 aliphatic carbocycles. The first-order valence-corrected chi connectivity index (χ1v) is 12.0. The number of aryl methyl sites for hydroxylation is 1. The molecule has 1 fully saturated rings. The number of nitrogens with zero attached hydrogens (tertiary/aromatic N) is 3. The summed E-state index contributed by atoms with van der Waals surface area (Å²) < 4.78 is 2.10. The Hall–Kier alpha value is -2.86. The monoisotopic (exact) mass is 492 g/mol. The van der Waals surface area contributed by atoms with E-state index in [9.17, 15) is 0 Å². The second kappa shape index (κ2) is 9.18. The maximum absolute atomic E-state index is 6.60. The predicted molar refractivity (Wildman–Crippen MR) is 140 cm³/mol. The summed E-state index contributed by atoms with van der Waals surface area (Å²) in [5, 5.41) is 5.36. The predicted octanol–water partition coefficient (Wildman–Crippen LogP) is 6.92. The first-order valence-electron chi connectivity index (χ1n) is 10.8. The van der Waals surface area contributed by atoms with Gasteiger partial charge in [-0.2, -0.15) is 0 Å². The molecule has 0 saturated carbocycles. The molecule has 0 bridgehead atoms. The van der Waals surface area contributed by atoms with Gasteiger partial charge in [-0.05, 0) is 78.8 Å². The number of hydrogen-bond acceptors (Lipinski definition) is 2. The number of aromatic nitrogens is 2. The highest BCUT2D eigenvalue weighted by Gasteiger charge is 2.42. The highest BCUT2D eigenvalue weighted by molar-refractivity contribution is 7.80. The molecule has 0 spiro atoms. The molecule has 0 unspecified atom stereocenters. The van der Waals surface area contributed by atoms with Gasteiger partial charge in [0.05, 0.1) is 22.4 Å². The van der Waals surface area contributed by atoms with E-state index in [0.717, 1.165) is 29.2 Å². The third-order valence-corrected chi connectivity index (χ3v) is 6.83. The lowest BCUT2D eigenvalue weighted by molar-refractivity contribution is 0.549. The van der Waals surface area contributed by atoms with Gasteiger partial charge >= 0.3 is 0 Å². The van der Waals surface area contributed by atoms with Crippen molar-refractivity contribution in [1.82, 2.24) is 14.9 Å². The van der Waals surface area contributed by atoms with Gasteiger partial charge in [-0.3, -0.25) is 4.98 Å². The summed E-state index contributed by atoms with van der Waals surface area (Å²) in [5.74, 6) is 0. The molecule has 1 aliphatic heterocycles. The summed E-state index contributed by atoms with van der Waals surface area (Å²) in [5.41, 5.74) is 5.14. The van der Waals surface area contributed by atoms with Gasteiger partial charge in [0.15, 0.2) is 5.11 Å². The van der Waals surface area contributed by atoms with E-state index in [4.69, 9.17) is 35.4 Å². The van der Waals surface area contributed by atoms with Crippen molar-refractivity contribution in [2.75, 3.05) is 4.90 Å². The molecule has 2 aromatic heterocycles. The Labute approximate surface area is 208 Å². The highest BCUT2D eigenvalue weighted by Crippen LogP contribution is 2.42. The minimum Gasteiger partial charge on any atom is -0.351 e. The van der Waals surface area contributed by atoms with Crippen LogP contribution in [0.2, 0.25) is 10.0 Å². The zero-order valence-electron chi connectivity index (χ0n) is 18.0. The van der Waals surface area contributed by atoms with Gasteiger partial charge in [-0.1, -0.05) is 48.3 Å². The standard InChI is InChI=1S/C26H22Cl2N4S/c1-2-17-8-11-19(12-9-17)32-25(24(30-26(32)33)21-6-3-4-14-29-21)23-7-5-15-31(23)22-13-10-18(27)16-20(22)28/h3-16,24-25H,2H2,1H3,(H,30,33)/t24-,25-/m1/s1. The SMILES string of the molecule is CCc1ccc(N2C(=S)N[C@H](c3ccccn3)[C@H]2c2cccn2-c2ccc(Cl)cc2Cl)cc1. The van der Waals surface area contributed by atoms with Gasteiger partial charge in [0.1, 0.15) is 6.04 Å². The lowest BCUT2D eigenvalue weighted by Gasteiger charge is -2.29. The van der Waals surface area contributed by atoms with Gasteiger partial charge in [0.2, 0.25) is 0 Å². The van der Waals surface area contributed by atoms with Crippen LogP contribution in [0.4, 0.5) is 5.69 Å². The van der Waals surface area contributed by atoms with Crippen LogP contribution in [0.3, 0.4) is 0 Å². The van der Waals surface area contributed by atoms with Gasteiger partial charge in [-0.15, -0.1) is 0 Å². The van der Waals surface area contributed by atoms with Crippen LogP contribution in [0.5, 0.6) is 0 Å². The number of nitrogens with one attached hydrogen (secondary N) is 1. The van der Waals surface area contributed by atoms with E-state index in [1.807, 2.05) is 48.8 Å². The molecule has 166 valence electrons. The van der Waals surface area contributed by atoms with E-state index in [0.29, 0.717) is 15.2 Å². The van der Waals surface area contributed by atoms with Crippen molar-refractivity contribution in [1.29, 1.82) is 0 Å². The van der Waals surface area contributed by atoms with E-state index < -0.39 is 0 Å². The lowest BCUT2D eigenvalue weighted by Crippen LogP contribution is -2.30. The molecule has 2 aromatic carbocycles. The van der Waals surface area contributed by atoms with Crippen LogP contribution in [0.1, 0.15) is 36.0 Å². The Bertz CT molecular complexity index is 1290. The van der Waals surface area contributed by atoms with E-state index in [1.165, 1.54) is 5.56 Å². The third kappa shape index (κ3) is 4.12. The quantitative estimate of drug-likeness (QED) is 0.306. The van der Waals surface area contributed by atoms with Gasteiger partial charge in [0.25, 0.3) is 0 Å². The molecule has 33 heavy (non-hydrogen) atoms. The number of pyridine rings is 1. The first kappa shape index (κ1) is 22.0. The Morgan fingerprint density at radius 2 is 1.82 bits per heavy atom. The fourth-order valence-electron chi connectivity index (χ4n) is 4.36. The number of halogens is 2. The zero-order valence-corrected chi connectivity index (χ0v) is 20.3. The topological polar surface area (TPSA) is 33.1 Å². The summed E-state index contributed by atoms with van der Waals surface area (Å²) in [6.07, 6.45) is 4.81. The first-order chi connectivity index (χ1) is 16.1. The minimum absolute atomic E-state index is 0.135. The maximum atomic E-state index is 6.60. The van der Waals surface area contributed by atoms with Gasteiger partial charge in [0, 0.05) is 28.8 Å². The maximum Gasteiger partial charge on any atom is 0.174 e. The molecule has 4 aromatic rings. The molecule has 5 rings (SSSR count). The fraction of sp³-hybridized carbons (Fsp3) is 0.154. The van der Waals surface area contributed by atoms with Gasteiger partial charge in [-0.25, -0.2) is 0 Å². The second-order valence-corrected chi connectivity index (χ2v) is 9.15. The smallest absolute Gasteiger partial charge is 0.174 e. The minimum atomic E-state index is -0.137. The van der Waals surface area contributed by atoms with Crippen LogP contribution in [-0.4, -0.2) is 14.7 Å². The second-order valence-electron chi connectivity index (χ2n) is 7.92. The van der Waals surface area contributed by atoms with Crippen LogP contribution in [0.15, 0.2) is 85.2 Å². The largest absolute Gasteiger partial charge is 0.351 e. The van der Waals surface area contributed by atoms with Crippen molar-refractivity contribution in [3.8, 4) is 5.69 Å². The molecule has 4 nitrogen and oxygen atoms in total. The van der Waals surface area contributed by atoms with Crippen molar-refractivity contribution in [3.05, 3.63) is 112 Å². The van der Waals surface area contributed by atoms with Crippen molar-refractivity contribution < 1.29 is 0 Å². The molecule has 7 heteroatoms. The average molecular weight is 493 g/mol. The number of thiocarbonyl (C=S) groups is 1. The van der Waals surface area contributed by atoms with Crippen LogP contribution in [-0.2, 0) is 6.42 Å².